The molecule has 0 saturated heterocycles. The van der Waals surface area contributed by atoms with Crippen molar-refractivity contribution in [1.82, 2.24) is 4.98 Å². The SMILES string of the molecule is CCCCCCCCCCc1ccc2nc3c(c(NC)c2c1)CCCC3. The molecule has 1 aromatic carbocycles. The van der Waals surface area contributed by atoms with E-state index >= 15 is 0 Å². The molecule has 3 rings (SSSR count). The smallest absolute Gasteiger partial charge is 0.0726 e. The molecule has 1 aliphatic rings. The number of unbranched alkanes of at least 4 members (excludes halogenated alkanes) is 7. The number of nitrogens with one attached hydrogen (secondary N) is 1. The largest absolute Gasteiger partial charge is 0.387 e. The fraction of sp³-hybridized carbons (Fsp3) is 0.625. The van der Waals surface area contributed by atoms with Gasteiger partial charge in [-0.25, -0.2) is 0 Å². The van der Waals surface area contributed by atoms with Gasteiger partial charge in [-0.2, -0.15) is 0 Å². The molecule has 2 aromatic rings. The summed E-state index contributed by atoms with van der Waals surface area (Å²) >= 11 is 0. The molecule has 0 unspecified atom stereocenters. The van der Waals surface area contributed by atoms with Gasteiger partial charge in [0, 0.05) is 23.8 Å². The Balaban J connectivity index is 1.60. The van der Waals surface area contributed by atoms with Crippen molar-refractivity contribution in [2.45, 2.75) is 90.4 Å². The van der Waals surface area contributed by atoms with Crippen molar-refractivity contribution < 1.29 is 0 Å². The van der Waals surface area contributed by atoms with Crippen LogP contribution in [0.15, 0.2) is 18.2 Å². The number of benzene rings is 1. The molecule has 0 atom stereocenters. The van der Waals surface area contributed by atoms with Crippen LogP contribution >= 0.6 is 0 Å². The Bertz CT molecular complexity index is 705. The Hall–Kier alpha value is -1.57. The minimum absolute atomic E-state index is 1.14. The lowest BCUT2D eigenvalue weighted by Gasteiger charge is -2.20. The molecular formula is C24H36N2. The van der Waals surface area contributed by atoms with Gasteiger partial charge in [0.15, 0.2) is 0 Å². The molecule has 1 heterocycles. The van der Waals surface area contributed by atoms with Crippen LogP contribution in [0.3, 0.4) is 0 Å². The molecule has 2 nitrogen and oxygen atoms in total. The second kappa shape index (κ2) is 9.94. The highest BCUT2D eigenvalue weighted by Crippen LogP contribution is 2.33. The van der Waals surface area contributed by atoms with Crippen molar-refractivity contribution in [2.75, 3.05) is 12.4 Å². The molecule has 0 bridgehead atoms. The first-order chi connectivity index (χ1) is 12.8. The van der Waals surface area contributed by atoms with Gasteiger partial charge in [-0.3, -0.25) is 4.98 Å². The molecule has 0 fully saturated rings. The van der Waals surface area contributed by atoms with Gasteiger partial charge in [-0.15, -0.1) is 0 Å². The third-order valence-electron chi connectivity index (χ3n) is 5.90. The normalized spacial score (nSPS) is 13.8. The first-order valence-electron chi connectivity index (χ1n) is 11.0. The van der Waals surface area contributed by atoms with E-state index in [1.807, 2.05) is 0 Å². The van der Waals surface area contributed by atoms with Crippen LogP contribution in [0.25, 0.3) is 10.9 Å². The van der Waals surface area contributed by atoms with Crippen LogP contribution in [0.2, 0.25) is 0 Å². The number of rotatable bonds is 10. The second-order valence-electron chi connectivity index (χ2n) is 7.95. The molecule has 1 aliphatic carbocycles. The summed E-state index contributed by atoms with van der Waals surface area (Å²) in [4.78, 5) is 4.97. The zero-order chi connectivity index (χ0) is 18.2. The summed E-state index contributed by atoms with van der Waals surface area (Å²) in [5, 5.41) is 4.81. The Labute approximate surface area is 159 Å². The number of aromatic nitrogens is 1. The fourth-order valence-corrected chi connectivity index (χ4v) is 4.38. The number of anilines is 1. The minimum atomic E-state index is 1.14. The molecule has 1 aromatic heterocycles. The van der Waals surface area contributed by atoms with E-state index in [0.717, 1.165) is 11.9 Å². The number of nitrogens with zero attached hydrogens (tertiary/aromatic N) is 1. The van der Waals surface area contributed by atoms with Crippen LogP contribution in [0.4, 0.5) is 5.69 Å². The Morgan fingerprint density at radius 3 is 2.42 bits per heavy atom. The standard InChI is InChI=1S/C24H36N2/c1-3-4-5-6-7-8-9-10-13-19-16-17-23-21(18-19)24(25-2)20-14-11-12-15-22(20)26-23/h16-18H,3-15H2,1-2H3,(H,25,26). The Morgan fingerprint density at radius 2 is 1.65 bits per heavy atom. The van der Waals surface area contributed by atoms with Crippen molar-refractivity contribution in [3.8, 4) is 0 Å². The number of fused-ring (bicyclic) bond motifs is 2. The Morgan fingerprint density at radius 1 is 0.923 bits per heavy atom. The monoisotopic (exact) mass is 352 g/mol. The second-order valence-corrected chi connectivity index (χ2v) is 7.95. The fourth-order valence-electron chi connectivity index (χ4n) is 4.38. The van der Waals surface area contributed by atoms with Gasteiger partial charge >= 0.3 is 0 Å². The van der Waals surface area contributed by atoms with E-state index in [0.29, 0.717) is 0 Å². The summed E-state index contributed by atoms with van der Waals surface area (Å²) in [6, 6.07) is 6.93. The Kier molecular flexibility index (Phi) is 7.34. The van der Waals surface area contributed by atoms with E-state index in [2.05, 4.69) is 37.5 Å². The predicted molar refractivity (Wildman–Crippen MR) is 114 cm³/mol. The van der Waals surface area contributed by atoms with Crippen molar-refractivity contribution in [1.29, 1.82) is 0 Å². The minimum Gasteiger partial charge on any atom is -0.387 e. The highest BCUT2D eigenvalue weighted by atomic mass is 14.9. The maximum Gasteiger partial charge on any atom is 0.0726 e. The summed E-state index contributed by atoms with van der Waals surface area (Å²) in [6.07, 6.45) is 17.2. The molecule has 0 amide bonds. The maximum absolute atomic E-state index is 4.97. The number of hydrogen-bond donors (Lipinski definition) is 1. The average molecular weight is 353 g/mol. The predicted octanol–water partition coefficient (Wildman–Crippen LogP) is 6.84. The van der Waals surface area contributed by atoms with Gasteiger partial charge in [0.05, 0.1) is 5.52 Å². The summed E-state index contributed by atoms with van der Waals surface area (Å²) < 4.78 is 0. The third kappa shape index (κ3) is 4.78. The molecule has 26 heavy (non-hydrogen) atoms. The zero-order valence-corrected chi connectivity index (χ0v) is 16.9. The lowest BCUT2D eigenvalue weighted by atomic mass is 9.92. The van der Waals surface area contributed by atoms with Gasteiger partial charge in [-0.05, 0) is 61.8 Å². The lowest BCUT2D eigenvalue weighted by molar-refractivity contribution is 0.575. The quantitative estimate of drug-likeness (QED) is 0.473. The summed E-state index contributed by atoms with van der Waals surface area (Å²) in [5.74, 6) is 0. The highest BCUT2D eigenvalue weighted by molar-refractivity contribution is 5.94. The maximum atomic E-state index is 4.97. The summed E-state index contributed by atoms with van der Waals surface area (Å²) in [5.41, 5.74) is 6.76. The third-order valence-corrected chi connectivity index (χ3v) is 5.90. The van der Waals surface area contributed by atoms with E-state index in [1.165, 1.54) is 105 Å². The van der Waals surface area contributed by atoms with Gasteiger partial charge in [0.25, 0.3) is 0 Å². The van der Waals surface area contributed by atoms with E-state index in [4.69, 9.17) is 4.98 Å². The molecule has 2 heteroatoms. The molecule has 0 saturated carbocycles. The van der Waals surface area contributed by atoms with E-state index < -0.39 is 0 Å². The van der Waals surface area contributed by atoms with E-state index in [-0.39, 0.29) is 0 Å². The van der Waals surface area contributed by atoms with Crippen molar-refractivity contribution >= 4 is 16.6 Å². The molecule has 142 valence electrons. The van der Waals surface area contributed by atoms with Gasteiger partial charge in [0.1, 0.15) is 0 Å². The summed E-state index contributed by atoms with van der Waals surface area (Å²) in [6.45, 7) is 2.29. The van der Waals surface area contributed by atoms with Gasteiger partial charge in [0.2, 0.25) is 0 Å². The molecule has 1 N–H and O–H groups in total. The van der Waals surface area contributed by atoms with Crippen LogP contribution in [-0.2, 0) is 19.3 Å². The average Bonchev–Trinajstić information content (AvgIpc) is 2.68. The summed E-state index contributed by atoms with van der Waals surface area (Å²) in [7, 11) is 2.06. The first-order valence-corrected chi connectivity index (χ1v) is 11.0. The number of pyridine rings is 1. The van der Waals surface area contributed by atoms with E-state index in [1.54, 1.807) is 0 Å². The first kappa shape index (κ1) is 19.2. The van der Waals surface area contributed by atoms with Crippen LogP contribution in [0.1, 0.15) is 88.0 Å². The molecule has 0 radical (unpaired) electrons. The number of hydrogen-bond acceptors (Lipinski definition) is 2. The van der Waals surface area contributed by atoms with Crippen LogP contribution in [0, 0.1) is 0 Å². The van der Waals surface area contributed by atoms with Crippen molar-refractivity contribution in [3.05, 3.63) is 35.0 Å². The molecular weight excluding hydrogens is 316 g/mol. The van der Waals surface area contributed by atoms with Gasteiger partial charge < -0.3 is 5.32 Å². The lowest BCUT2D eigenvalue weighted by Crippen LogP contribution is -2.09. The van der Waals surface area contributed by atoms with Gasteiger partial charge in [-0.1, -0.05) is 57.9 Å². The van der Waals surface area contributed by atoms with Crippen LogP contribution in [-0.4, -0.2) is 12.0 Å². The van der Waals surface area contributed by atoms with Crippen molar-refractivity contribution in [2.24, 2.45) is 0 Å². The van der Waals surface area contributed by atoms with Crippen LogP contribution in [0.5, 0.6) is 0 Å². The topological polar surface area (TPSA) is 24.9 Å². The molecule has 0 spiro atoms. The van der Waals surface area contributed by atoms with Crippen LogP contribution < -0.4 is 5.32 Å². The van der Waals surface area contributed by atoms with E-state index in [9.17, 15) is 0 Å². The molecule has 0 aliphatic heterocycles. The zero-order valence-electron chi connectivity index (χ0n) is 16.9. The highest BCUT2D eigenvalue weighted by Gasteiger charge is 2.17. The van der Waals surface area contributed by atoms with Crippen molar-refractivity contribution in [3.63, 3.8) is 0 Å². The number of aryl methyl sites for hydroxylation is 2.